The fraction of sp³-hybridized carbons (Fsp3) is 0.474. The Hall–Kier alpha value is -2.21. The van der Waals surface area contributed by atoms with Gasteiger partial charge in [0.1, 0.15) is 5.82 Å². The van der Waals surface area contributed by atoms with E-state index in [1.165, 1.54) is 18.6 Å². The molecule has 1 aliphatic carbocycles. The van der Waals surface area contributed by atoms with E-state index in [4.69, 9.17) is 0 Å². The van der Waals surface area contributed by atoms with Crippen LogP contribution in [0.15, 0.2) is 35.9 Å². The molecule has 134 valence electrons. The highest BCUT2D eigenvalue weighted by atomic mass is 19.1. The molecule has 1 N–H and O–H groups in total. The number of anilines is 1. The SMILES string of the molecule is O=C(CN1CCN(C(=O)C2=CCCCC2)CC1)Nc1ccc(F)cc1. The Kier molecular flexibility index (Phi) is 5.81. The summed E-state index contributed by atoms with van der Waals surface area (Å²) in [6, 6.07) is 5.73. The van der Waals surface area contributed by atoms with Crippen molar-refractivity contribution in [2.24, 2.45) is 0 Å². The molecular weight excluding hydrogens is 321 g/mol. The maximum absolute atomic E-state index is 12.9. The fourth-order valence-corrected chi connectivity index (χ4v) is 3.28. The lowest BCUT2D eigenvalue weighted by molar-refractivity contribution is -0.129. The van der Waals surface area contributed by atoms with Gasteiger partial charge in [-0.05, 0) is 49.9 Å². The van der Waals surface area contributed by atoms with Crippen LogP contribution in [0.25, 0.3) is 0 Å². The molecule has 5 nitrogen and oxygen atoms in total. The third kappa shape index (κ3) is 4.89. The molecule has 1 fully saturated rings. The quantitative estimate of drug-likeness (QED) is 0.912. The number of nitrogens with zero attached hydrogens (tertiary/aromatic N) is 2. The molecule has 2 aliphatic rings. The van der Waals surface area contributed by atoms with Crippen molar-refractivity contribution in [2.45, 2.75) is 25.7 Å². The standard InChI is InChI=1S/C19H24FN3O2/c20-16-6-8-17(9-7-16)21-18(24)14-22-10-12-23(13-11-22)19(25)15-4-2-1-3-5-15/h4,6-9H,1-3,5,10-14H2,(H,21,24). The molecule has 2 amide bonds. The first-order valence-electron chi connectivity index (χ1n) is 8.88. The zero-order chi connectivity index (χ0) is 17.6. The highest BCUT2D eigenvalue weighted by Crippen LogP contribution is 2.20. The average Bonchev–Trinajstić information content (AvgIpc) is 2.64. The molecule has 1 heterocycles. The number of allylic oxidation sites excluding steroid dienone is 1. The van der Waals surface area contributed by atoms with E-state index < -0.39 is 0 Å². The molecule has 1 aliphatic heterocycles. The second-order valence-corrected chi connectivity index (χ2v) is 6.60. The summed E-state index contributed by atoms with van der Waals surface area (Å²) in [4.78, 5) is 28.5. The van der Waals surface area contributed by atoms with E-state index in [0.717, 1.165) is 24.8 Å². The molecule has 1 aromatic carbocycles. The number of carbonyl (C=O) groups is 2. The van der Waals surface area contributed by atoms with Crippen LogP contribution in [0.5, 0.6) is 0 Å². The van der Waals surface area contributed by atoms with Crippen molar-refractivity contribution in [3.8, 4) is 0 Å². The van der Waals surface area contributed by atoms with Gasteiger partial charge in [0.25, 0.3) is 0 Å². The number of amides is 2. The third-order valence-corrected chi connectivity index (χ3v) is 4.72. The lowest BCUT2D eigenvalue weighted by Crippen LogP contribution is -2.50. The van der Waals surface area contributed by atoms with Crippen molar-refractivity contribution in [3.05, 3.63) is 41.7 Å². The summed E-state index contributed by atoms with van der Waals surface area (Å²) in [5.41, 5.74) is 1.54. The highest BCUT2D eigenvalue weighted by molar-refractivity contribution is 5.94. The second kappa shape index (κ2) is 8.25. The number of halogens is 1. The van der Waals surface area contributed by atoms with Crippen LogP contribution in [-0.4, -0.2) is 54.3 Å². The molecule has 0 saturated carbocycles. The largest absolute Gasteiger partial charge is 0.336 e. The van der Waals surface area contributed by atoms with E-state index in [1.807, 2.05) is 9.80 Å². The maximum atomic E-state index is 12.9. The van der Waals surface area contributed by atoms with Crippen LogP contribution < -0.4 is 5.32 Å². The van der Waals surface area contributed by atoms with Gasteiger partial charge in [-0.15, -0.1) is 0 Å². The topological polar surface area (TPSA) is 52.7 Å². The number of benzene rings is 1. The summed E-state index contributed by atoms with van der Waals surface area (Å²) in [5.74, 6) is -0.289. The molecule has 6 heteroatoms. The van der Waals surface area contributed by atoms with Crippen molar-refractivity contribution in [1.29, 1.82) is 0 Å². The lowest BCUT2D eigenvalue weighted by Gasteiger charge is -2.35. The number of rotatable bonds is 4. The van der Waals surface area contributed by atoms with Gasteiger partial charge in [-0.25, -0.2) is 4.39 Å². The van der Waals surface area contributed by atoms with Gasteiger partial charge in [0.15, 0.2) is 0 Å². The summed E-state index contributed by atoms with van der Waals surface area (Å²) >= 11 is 0. The molecule has 0 spiro atoms. The molecular formula is C19H24FN3O2. The Morgan fingerprint density at radius 3 is 2.40 bits per heavy atom. The van der Waals surface area contributed by atoms with Crippen molar-refractivity contribution >= 4 is 17.5 Å². The minimum Gasteiger partial charge on any atom is -0.336 e. The summed E-state index contributed by atoms with van der Waals surface area (Å²) in [7, 11) is 0. The van der Waals surface area contributed by atoms with Gasteiger partial charge in [0.05, 0.1) is 6.54 Å². The number of hydrogen-bond donors (Lipinski definition) is 1. The average molecular weight is 345 g/mol. The number of hydrogen-bond acceptors (Lipinski definition) is 3. The van der Waals surface area contributed by atoms with Crippen LogP contribution in [0.4, 0.5) is 10.1 Å². The van der Waals surface area contributed by atoms with Gasteiger partial charge in [0, 0.05) is 37.4 Å². The van der Waals surface area contributed by atoms with Crippen LogP contribution in [0.1, 0.15) is 25.7 Å². The maximum Gasteiger partial charge on any atom is 0.249 e. The summed E-state index contributed by atoms with van der Waals surface area (Å²) < 4.78 is 12.9. The first kappa shape index (κ1) is 17.6. The Bertz CT molecular complexity index is 649. The van der Waals surface area contributed by atoms with Crippen LogP contribution >= 0.6 is 0 Å². The number of piperazine rings is 1. The van der Waals surface area contributed by atoms with Crippen molar-refractivity contribution < 1.29 is 14.0 Å². The zero-order valence-electron chi connectivity index (χ0n) is 14.3. The first-order chi connectivity index (χ1) is 12.1. The van der Waals surface area contributed by atoms with Crippen LogP contribution in [0, 0.1) is 5.82 Å². The molecule has 25 heavy (non-hydrogen) atoms. The number of carbonyl (C=O) groups excluding carboxylic acids is 2. The predicted octanol–water partition coefficient (Wildman–Crippen LogP) is 2.41. The number of nitrogens with one attached hydrogen (secondary N) is 1. The molecule has 0 atom stereocenters. The fourth-order valence-electron chi connectivity index (χ4n) is 3.28. The Morgan fingerprint density at radius 2 is 1.76 bits per heavy atom. The smallest absolute Gasteiger partial charge is 0.249 e. The Morgan fingerprint density at radius 1 is 1.04 bits per heavy atom. The van der Waals surface area contributed by atoms with Crippen LogP contribution in [0.3, 0.4) is 0 Å². The second-order valence-electron chi connectivity index (χ2n) is 6.60. The summed E-state index contributed by atoms with van der Waals surface area (Å²) in [6.07, 6.45) is 6.24. The van der Waals surface area contributed by atoms with E-state index in [2.05, 4.69) is 11.4 Å². The van der Waals surface area contributed by atoms with E-state index in [0.29, 0.717) is 31.9 Å². The van der Waals surface area contributed by atoms with Gasteiger partial charge in [-0.1, -0.05) is 6.08 Å². The Balaban J connectivity index is 1.44. The Labute approximate surface area is 147 Å². The van der Waals surface area contributed by atoms with Gasteiger partial charge in [-0.3, -0.25) is 14.5 Å². The van der Waals surface area contributed by atoms with Crippen molar-refractivity contribution in [1.82, 2.24) is 9.80 Å². The molecule has 0 aromatic heterocycles. The summed E-state index contributed by atoms with van der Waals surface area (Å²) in [5, 5.41) is 2.77. The first-order valence-corrected chi connectivity index (χ1v) is 8.88. The minimum absolute atomic E-state index is 0.124. The molecule has 0 radical (unpaired) electrons. The van der Waals surface area contributed by atoms with E-state index in [-0.39, 0.29) is 24.2 Å². The van der Waals surface area contributed by atoms with E-state index in [9.17, 15) is 14.0 Å². The molecule has 0 unspecified atom stereocenters. The van der Waals surface area contributed by atoms with Gasteiger partial charge >= 0.3 is 0 Å². The van der Waals surface area contributed by atoms with Gasteiger partial charge in [-0.2, -0.15) is 0 Å². The van der Waals surface area contributed by atoms with Gasteiger partial charge in [0.2, 0.25) is 11.8 Å². The normalized spacial score (nSPS) is 18.6. The van der Waals surface area contributed by atoms with Crippen molar-refractivity contribution in [2.75, 3.05) is 38.0 Å². The van der Waals surface area contributed by atoms with Crippen molar-refractivity contribution in [3.63, 3.8) is 0 Å². The highest BCUT2D eigenvalue weighted by Gasteiger charge is 2.24. The summed E-state index contributed by atoms with van der Waals surface area (Å²) in [6.45, 7) is 2.97. The third-order valence-electron chi connectivity index (χ3n) is 4.72. The van der Waals surface area contributed by atoms with Crippen LogP contribution in [0.2, 0.25) is 0 Å². The zero-order valence-corrected chi connectivity index (χ0v) is 14.3. The molecule has 3 rings (SSSR count). The molecule has 1 saturated heterocycles. The predicted molar refractivity (Wildman–Crippen MR) is 94.6 cm³/mol. The molecule has 0 bridgehead atoms. The minimum atomic E-state index is -0.327. The van der Waals surface area contributed by atoms with Gasteiger partial charge < -0.3 is 10.2 Å². The molecule has 1 aromatic rings. The monoisotopic (exact) mass is 345 g/mol. The van der Waals surface area contributed by atoms with Crippen LogP contribution in [-0.2, 0) is 9.59 Å². The van der Waals surface area contributed by atoms with E-state index in [1.54, 1.807) is 12.1 Å². The lowest BCUT2D eigenvalue weighted by atomic mass is 9.98. The van der Waals surface area contributed by atoms with E-state index >= 15 is 0 Å².